The lowest BCUT2D eigenvalue weighted by atomic mass is 10.0. The summed E-state index contributed by atoms with van der Waals surface area (Å²) in [5.41, 5.74) is 3.47. The molecule has 0 bridgehead atoms. The molecule has 3 amide bonds. The van der Waals surface area contributed by atoms with E-state index in [1.54, 1.807) is 23.1 Å². The molecule has 0 aliphatic carbocycles. The third-order valence-corrected chi connectivity index (χ3v) is 4.79. The molecule has 0 unspecified atom stereocenters. The van der Waals surface area contributed by atoms with E-state index >= 15 is 0 Å². The predicted molar refractivity (Wildman–Crippen MR) is 101 cm³/mol. The number of benzene rings is 2. The molecule has 2 aromatic carbocycles. The van der Waals surface area contributed by atoms with Crippen LogP contribution in [0.4, 0.5) is 5.69 Å². The van der Waals surface area contributed by atoms with Crippen molar-refractivity contribution in [1.82, 2.24) is 4.90 Å². The van der Waals surface area contributed by atoms with Crippen molar-refractivity contribution < 1.29 is 14.4 Å². The van der Waals surface area contributed by atoms with E-state index in [9.17, 15) is 14.4 Å². The highest BCUT2D eigenvalue weighted by molar-refractivity contribution is 6.35. The Kier molecular flexibility index (Phi) is 4.64. The number of imide groups is 1. The molecule has 0 fully saturated rings. The summed E-state index contributed by atoms with van der Waals surface area (Å²) in [5, 5.41) is 0. The molecule has 0 radical (unpaired) electrons. The van der Waals surface area contributed by atoms with Crippen LogP contribution in [0.3, 0.4) is 0 Å². The fraction of sp³-hybridized carbons (Fsp3) is 0.286. The van der Waals surface area contributed by atoms with E-state index < -0.39 is 0 Å². The standard InChI is InChI=1S/C21H22N2O3/c1-5-22(6-2)19(24)15-9-10-16-17(12-15)21(26)23(20(16)25)18-11-13(3)7-8-14(18)4/h7-12H,5-6H2,1-4H3. The molecule has 1 aliphatic heterocycles. The van der Waals surface area contributed by atoms with Gasteiger partial charge in [0.05, 0.1) is 16.8 Å². The van der Waals surface area contributed by atoms with Crippen LogP contribution in [0.15, 0.2) is 36.4 Å². The number of carbonyl (C=O) groups is 3. The highest BCUT2D eigenvalue weighted by Crippen LogP contribution is 2.32. The fourth-order valence-electron chi connectivity index (χ4n) is 3.25. The number of fused-ring (bicyclic) bond motifs is 1. The molecule has 5 nitrogen and oxygen atoms in total. The number of amides is 3. The van der Waals surface area contributed by atoms with Crippen LogP contribution >= 0.6 is 0 Å². The van der Waals surface area contributed by atoms with E-state index in [0.717, 1.165) is 11.1 Å². The zero-order chi connectivity index (χ0) is 19.0. The highest BCUT2D eigenvalue weighted by atomic mass is 16.2. The van der Waals surface area contributed by atoms with Gasteiger partial charge >= 0.3 is 0 Å². The number of hydrogen-bond donors (Lipinski definition) is 0. The molecule has 0 saturated heterocycles. The summed E-state index contributed by atoms with van der Waals surface area (Å²) in [6.45, 7) is 8.79. The maximum absolute atomic E-state index is 12.9. The first-order valence-electron chi connectivity index (χ1n) is 8.78. The average Bonchev–Trinajstić information content (AvgIpc) is 2.88. The molecule has 0 N–H and O–H groups in total. The van der Waals surface area contributed by atoms with Gasteiger partial charge in [0, 0.05) is 18.7 Å². The van der Waals surface area contributed by atoms with Gasteiger partial charge in [-0.25, -0.2) is 4.90 Å². The Hall–Kier alpha value is -2.95. The lowest BCUT2D eigenvalue weighted by Crippen LogP contribution is -2.31. The number of carbonyl (C=O) groups excluding carboxylic acids is 3. The summed E-state index contributed by atoms with van der Waals surface area (Å²) < 4.78 is 0. The third-order valence-electron chi connectivity index (χ3n) is 4.79. The van der Waals surface area contributed by atoms with Crippen molar-refractivity contribution in [3.63, 3.8) is 0 Å². The molecule has 0 spiro atoms. The first-order valence-corrected chi connectivity index (χ1v) is 8.78. The predicted octanol–water partition coefficient (Wildman–Crippen LogP) is 3.59. The maximum atomic E-state index is 12.9. The highest BCUT2D eigenvalue weighted by Gasteiger charge is 2.38. The van der Waals surface area contributed by atoms with Gasteiger partial charge in [-0.2, -0.15) is 0 Å². The summed E-state index contributed by atoms with van der Waals surface area (Å²) in [6.07, 6.45) is 0. The fourth-order valence-corrected chi connectivity index (χ4v) is 3.25. The van der Waals surface area contributed by atoms with Crippen LogP contribution in [-0.4, -0.2) is 35.7 Å². The molecular formula is C21H22N2O3. The van der Waals surface area contributed by atoms with Gasteiger partial charge in [0.1, 0.15) is 0 Å². The monoisotopic (exact) mass is 350 g/mol. The Balaban J connectivity index is 2.03. The molecule has 5 heteroatoms. The van der Waals surface area contributed by atoms with Crippen LogP contribution < -0.4 is 4.90 Å². The first-order chi connectivity index (χ1) is 12.4. The second-order valence-corrected chi connectivity index (χ2v) is 6.47. The smallest absolute Gasteiger partial charge is 0.266 e. The molecule has 1 aliphatic rings. The van der Waals surface area contributed by atoms with Gasteiger partial charge in [-0.05, 0) is 63.1 Å². The number of nitrogens with zero attached hydrogens (tertiary/aromatic N) is 2. The van der Waals surface area contributed by atoms with Crippen LogP contribution in [0.2, 0.25) is 0 Å². The van der Waals surface area contributed by atoms with E-state index in [2.05, 4.69) is 0 Å². The van der Waals surface area contributed by atoms with Crippen molar-refractivity contribution in [2.45, 2.75) is 27.7 Å². The van der Waals surface area contributed by atoms with Crippen molar-refractivity contribution in [3.8, 4) is 0 Å². The molecule has 3 rings (SSSR count). The molecule has 134 valence electrons. The van der Waals surface area contributed by atoms with Gasteiger partial charge in [0.25, 0.3) is 17.7 Å². The lowest BCUT2D eigenvalue weighted by Gasteiger charge is -2.18. The third kappa shape index (κ3) is 2.79. The Morgan fingerprint density at radius 2 is 1.58 bits per heavy atom. The van der Waals surface area contributed by atoms with Gasteiger partial charge in [-0.3, -0.25) is 14.4 Å². The number of anilines is 1. The van der Waals surface area contributed by atoms with E-state index in [1.807, 2.05) is 45.9 Å². The Bertz CT molecular complexity index is 913. The quantitative estimate of drug-likeness (QED) is 0.792. The van der Waals surface area contributed by atoms with Crippen LogP contribution in [-0.2, 0) is 0 Å². The Morgan fingerprint density at radius 3 is 2.23 bits per heavy atom. The molecule has 0 aromatic heterocycles. The summed E-state index contributed by atoms with van der Waals surface area (Å²) in [4.78, 5) is 41.2. The molecule has 0 saturated carbocycles. The minimum absolute atomic E-state index is 0.136. The summed E-state index contributed by atoms with van der Waals surface area (Å²) in [5.74, 6) is -0.864. The van der Waals surface area contributed by atoms with Gasteiger partial charge in [-0.15, -0.1) is 0 Å². The topological polar surface area (TPSA) is 57.7 Å². The SMILES string of the molecule is CCN(CC)C(=O)c1ccc2c(c1)C(=O)N(c1cc(C)ccc1C)C2=O. The van der Waals surface area contributed by atoms with Gasteiger partial charge < -0.3 is 4.90 Å². The molecule has 2 aromatic rings. The van der Waals surface area contributed by atoms with Crippen molar-refractivity contribution in [2.24, 2.45) is 0 Å². The second kappa shape index (κ2) is 6.75. The zero-order valence-electron chi connectivity index (χ0n) is 15.5. The van der Waals surface area contributed by atoms with Crippen molar-refractivity contribution in [2.75, 3.05) is 18.0 Å². The summed E-state index contributed by atoms with van der Waals surface area (Å²) in [6, 6.07) is 10.4. The molecule has 1 heterocycles. The summed E-state index contributed by atoms with van der Waals surface area (Å²) >= 11 is 0. The Morgan fingerprint density at radius 1 is 0.923 bits per heavy atom. The van der Waals surface area contributed by atoms with Crippen LogP contribution in [0.25, 0.3) is 0 Å². The molecule has 0 atom stereocenters. The molecule has 26 heavy (non-hydrogen) atoms. The lowest BCUT2D eigenvalue weighted by molar-refractivity contribution is 0.0772. The van der Waals surface area contributed by atoms with Gasteiger partial charge in [0.15, 0.2) is 0 Å². The van der Waals surface area contributed by atoms with Crippen LogP contribution in [0.1, 0.15) is 56.0 Å². The van der Waals surface area contributed by atoms with Crippen molar-refractivity contribution in [1.29, 1.82) is 0 Å². The average molecular weight is 350 g/mol. The molecular weight excluding hydrogens is 328 g/mol. The second-order valence-electron chi connectivity index (χ2n) is 6.47. The first kappa shape index (κ1) is 17.9. The normalized spacial score (nSPS) is 13.2. The Labute approximate surface area is 153 Å². The van der Waals surface area contributed by atoms with Gasteiger partial charge in [-0.1, -0.05) is 12.1 Å². The summed E-state index contributed by atoms with van der Waals surface area (Å²) in [7, 11) is 0. The van der Waals surface area contributed by atoms with E-state index in [4.69, 9.17) is 0 Å². The van der Waals surface area contributed by atoms with E-state index in [0.29, 0.717) is 29.9 Å². The minimum atomic E-state index is -0.382. The van der Waals surface area contributed by atoms with Crippen LogP contribution in [0.5, 0.6) is 0 Å². The largest absolute Gasteiger partial charge is 0.339 e. The van der Waals surface area contributed by atoms with E-state index in [-0.39, 0.29) is 23.3 Å². The van der Waals surface area contributed by atoms with E-state index in [1.165, 1.54) is 4.90 Å². The maximum Gasteiger partial charge on any atom is 0.266 e. The number of rotatable bonds is 4. The van der Waals surface area contributed by atoms with Crippen molar-refractivity contribution >= 4 is 23.4 Å². The minimum Gasteiger partial charge on any atom is -0.339 e. The van der Waals surface area contributed by atoms with Crippen LogP contribution in [0, 0.1) is 13.8 Å². The zero-order valence-corrected chi connectivity index (χ0v) is 15.5. The number of hydrogen-bond acceptors (Lipinski definition) is 3. The van der Waals surface area contributed by atoms with Crippen molar-refractivity contribution in [3.05, 3.63) is 64.2 Å². The van der Waals surface area contributed by atoms with Gasteiger partial charge in [0.2, 0.25) is 0 Å². The number of aryl methyl sites for hydroxylation is 2.